The van der Waals surface area contributed by atoms with E-state index in [-0.39, 0.29) is 0 Å². The number of rotatable bonds is 5. The minimum atomic E-state index is 0.461. The zero-order valence-corrected chi connectivity index (χ0v) is 11.2. The van der Waals surface area contributed by atoms with Crippen LogP contribution >= 0.6 is 0 Å². The first kappa shape index (κ1) is 12.6. The average molecular weight is 248 g/mol. The van der Waals surface area contributed by atoms with E-state index in [1.165, 1.54) is 6.42 Å². The molecule has 98 valence electrons. The predicted octanol–water partition coefficient (Wildman–Crippen LogP) is 1.70. The second-order valence-electron chi connectivity index (χ2n) is 4.92. The van der Waals surface area contributed by atoms with E-state index >= 15 is 0 Å². The van der Waals surface area contributed by atoms with Gasteiger partial charge >= 0.3 is 0 Å². The molecule has 0 saturated heterocycles. The topological polar surface area (TPSA) is 74.6 Å². The normalized spacial score (nSPS) is 11.3. The first-order valence-electron chi connectivity index (χ1n) is 6.27. The molecule has 0 bridgehead atoms. The number of hydrogen-bond donors (Lipinski definition) is 1. The molecular formula is C12H20N6. The molecule has 0 amide bonds. The smallest absolute Gasteiger partial charge is 0.175 e. The van der Waals surface area contributed by atoms with E-state index in [9.17, 15) is 0 Å². The molecule has 0 aliphatic heterocycles. The van der Waals surface area contributed by atoms with E-state index in [4.69, 9.17) is 5.73 Å². The van der Waals surface area contributed by atoms with Crippen molar-refractivity contribution in [2.24, 2.45) is 13.0 Å². The molecule has 2 rings (SSSR count). The van der Waals surface area contributed by atoms with Gasteiger partial charge in [0.05, 0.1) is 5.69 Å². The molecule has 6 nitrogen and oxygen atoms in total. The van der Waals surface area contributed by atoms with Crippen LogP contribution in [0.4, 0.5) is 5.82 Å². The van der Waals surface area contributed by atoms with Gasteiger partial charge < -0.3 is 5.73 Å². The highest BCUT2D eigenvalue weighted by atomic mass is 15.5. The van der Waals surface area contributed by atoms with Crippen molar-refractivity contribution in [3.63, 3.8) is 0 Å². The summed E-state index contributed by atoms with van der Waals surface area (Å²) < 4.78 is 3.66. The number of aryl methyl sites for hydroxylation is 2. The molecule has 0 fully saturated rings. The lowest BCUT2D eigenvalue weighted by atomic mass is 10.1. The Morgan fingerprint density at radius 1 is 1.39 bits per heavy atom. The van der Waals surface area contributed by atoms with E-state index in [1.54, 1.807) is 10.9 Å². The third-order valence-corrected chi connectivity index (χ3v) is 2.98. The average Bonchev–Trinajstić information content (AvgIpc) is 2.85. The molecule has 18 heavy (non-hydrogen) atoms. The maximum Gasteiger partial charge on any atom is 0.175 e. The summed E-state index contributed by atoms with van der Waals surface area (Å²) in [5.74, 6) is 1.16. The summed E-state index contributed by atoms with van der Waals surface area (Å²) in [6.45, 7) is 5.28. The highest BCUT2D eigenvalue weighted by Crippen LogP contribution is 2.23. The Labute approximate surface area is 107 Å². The molecule has 0 aliphatic rings. The van der Waals surface area contributed by atoms with Gasteiger partial charge in [-0.3, -0.25) is 4.68 Å². The Balaban J connectivity index is 2.20. The Morgan fingerprint density at radius 2 is 2.17 bits per heavy atom. The molecule has 0 radical (unpaired) electrons. The van der Waals surface area contributed by atoms with Gasteiger partial charge in [0.15, 0.2) is 5.82 Å². The Bertz CT molecular complexity index is 510. The Hall–Kier alpha value is -1.85. The van der Waals surface area contributed by atoms with Crippen LogP contribution in [0.25, 0.3) is 11.4 Å². The lowest BCUT2D eigenvalue weighted by Gasteiger charge is -2.08. The molecular weight excluding hydrogens is 228 g/mol. The van der Waals surface area contributed by atoms with Gasteiger partial charge in [-0.2, -0.15) is 5.10 Å². The lowest BCUT2D eigenvalue weighted by Crippen LogP contribution is -2.06. The molecule has 0 aliphatic carbocycles. The summed E-state index contributed by atoms with van der Waals surface area (Å²) in [6, 6.07) is 1.92. The van der Waals surface area contributed by atoms with Crippen molar-refractivity contribution < 1.29 is 0 Å². The maximum absolute atomic E-state index is 5.90. The molecule has 2 aromatic rings. The van der Waals surface area contributed by atoms with Gasteiger partial charge in [0.2, 0.25) is 0 Å². The van der Waals surface area contributed by atoms with Gasteiger partial charge in [0.1, 0.15) is 5.69 Å². The highest BCUT2D eigenvalue weighted by molar-refractivity contribution is 5.66. The molecule has 0 aromatic carbocycles. The fourth-order valence-electron chi connectivity index (χ4n) is 2.00. The standard InChI is InChI=1S/C12H20N6/c1-9(2)5-4-8-18-11(12(13)15-16-18)10-6-7-14-17(10)3/h6-7,9H,4-5,8,13H2,1-3H3. The van der Waals surface area contributed by atoms with Crippen molar-refractivity contribution in [1.29, 1.82) is 0 Å². The molecule has 2 N–H and O–H groups in total. The molecule has 0 unspecified atom stereocenters. The molecule has 0 spiro atoms. The zero-order chi connectivity index (χ0) is 13.1. The van der Waals surface area contributed by atoms with E-state index in [0.717, 1.165) is 24.4 Å². The fourth-order valence-corrected chi connectivity index (χ4v) is 2.00. The van der Waals surface area contributed by atoms with E-state index in [1.807, 2.05) is 17.8 Å². The van der Waals surface area contributed by atoms with Gasteiger partial charge in [-0.25, -0.2) is 4.68 Å². The first-order valence-corrected chi connectivity index (χ1v) is 6.27. The Kier molecular flexibility index (Phi) is 3.64. The van der Waals surface area contributed by atoms with Gasteiger partial charge in [-0.1, -0.05) is 19.1 Å². The third kappa shape index (κ3) is 2.52. The zero-order valence-electron chi connectivity index (χ0n) is 11.2. The quantitative estimate of drug-likeness (QED) is 0.873. The molecule has 2 aromatic heterocycles. The summed E-state index contributed by atoms with van der Waals surface area (Å²) in [5, 5.41) is 12.2. The number of nitrogens with two attached hydrogens (primary N) is 1. The van der Waals surface area contributed by atoms with E-state index in [0.29, 0.717) is 11.7 Å². The second kappa shape index (κ2) is 5.20. The number of hydrogen-bond acceptors (Lipinski definition) is 4. The van der Waals surface area contributed by atoms with Crippen LogP contribution in [0, 0.1) is 5.92 Å². The molecule has 2 heterocycles. The monoisotopic (exact) mass is 248 g/mol. The van der Waals surface area contributed by atoms with Crippen LogP contribution in [-0.4, -0.2) is 24.8 Å². The number of anilines is 1. The highest BCUT2D eigenvalue weighted by Gasteiger charge is 2.15. The largest absolute Gasteiger partial charge is 0.380 e. The summed E-state index contributed by atoms with van der Waals surface area (Å²) in [7, 11) is 1.89. The first-order chi connectivity index (χ1) is 8.59. The van der Waals surface area contributed by atoms with Crippen LogP contribution in [0.1, 0.15) is 26.7 Å². The summed E-state index contributed by atoms with van der Waals surface area (Å²) in [4.78, 5) is 0. The minimum Gasteiger partial charge on any atom is -0.380 e. The SMILES string of the molecule is CC(C)CCCn1nnc(N)c1-c1ccnn1C. The van der Waals surface area contributed by atoms with Crippen LogP contribution in [0.3, 0.4) is 0 Å². The van der Waals surface area contributed by atoms with Gasteiger partial charge in [-0.05, 0) is 24.8 Å². The van der Waals surface area contributed by atoms with Crippen molar-refractivity contribution in [3.05, 3.63) is 12.3 Å². The predicted molar refractivity (Wildman–Crippen MR) is 70.7 cm³/mol. The van der Waals surface area contributed by atoms with E-state index < -0.39 is 0 Å². The second-order valence-corrected chi connectivity index (χ2v) is 4.92. The van der Waals surface area contributed by atoms with Crippen molar-refractivity contribution >= 4 is 5.82 Å². The maximum atomic E-state index is 5.90. The van der Waals surface area contributed by atoms with Gasteiger partial charge in [0, 0.05) is 19.8 Å². The van der Waals surface area contributed by atoms with Crippen LogP contribution in [-0.2, 0) is 13.6 Å². The summed E-state index contributed by atoms with van der Waals surface area (Å²) in [6.07, 6.45) is 4.00. The minimum absolute atomic E-state index is 0.461. The van der Waals surface area contributed by atoms with Crippen LogP contribution < -0.4 is 5.73 Å². The van der Waals surface area contributed by atoms with Crippen molar-refractivity contribution in [3.8, 4) is 11.4 Å². The van der Waals surface area contributed by atoms with Crippen LogP contribution in [0.2, 0.25) is 0 Å². The van der Waals surface area contributed by atoms with Crippen LogP contribution in [0.15, 0.2) is 12.3 Å². The van der Waals surface area contributed by atoms with Crippen molar-refractivity contribution in [1.82, 2.24) is 24.8 Å². The molecule has 0 atom stereocenters. The number of nitrogen functional groups attached to an aromatic ring is 1. The Morgan fingerprint density at radius 3 is 2.78 bits per heavy atom. The molecule has 0 saturated carbocycles. The third-order valence-electron chi connectivity index (χ3n) is 2.98. The van der Waals surface area contributed by atoms with E-state index in [2.05, 4.69) is 29.3 Å². The van der Waals surface area contributed by atoms with Gasteiger partial charge in [0.25, 0.3) is 0 Å². The van der Waals surface area contributed by atoms with Crippen molar-refractivity contribution in [2.45, 2.75) is 33.2 Å². The number of nitrogens with zero attached hydrogens (tertiary/aromatic N) is 5. The fraction of sp³-hybridized carbons (Fsp3) is 0.583. The van der Waals surface area contributed by atoms with Gasteiger partial charge in [-0.15, -0.1) is 5.10 Å². The summed E-state index contributed by atoms with van der Waals surface area (Å²) in [5.41, 5.74) is 7.70. The van der Waals surface area contributed by atoms with Crippen molar-refractivity contribution in [2.75, 3.05) is 5.73 Å². The van der Waals surface area contributed by atoms with Crippen LogP contribution in [0.5, 0.6) is 0 Å². The summed E-state index contributed by atoms with van der Waals surface area (Å²) >= 11 is 0. The number of aromatic nitrogens is 5. The lowest BCUT2D eigenvalue weighted by molar-refractivity contribution is 0.484. The molecule has 6 heteroatoms.